The Labute approximate surface area is 96.8 Å². The number of hydrogen-bond donors (Lipinski definition) is 0. The summed E-state index contributed by atoms with van der Waals surface area (Å²) < 4.78 is 0. The maximum atomic E-state index is 2.46. The molecule has 0 saturated heterocycles. The van der Waals surface area contributed by atoms with E-state index in [-0.39, 0.29) is 0 Å². The average molecular weight is 210 g/mol. The molecule has 0 aliphatic heterocycles. The van der Waals surface area contributed by atoms with E-state index in [2.05, 4.69) is 20.8 Å². The van der Waals surface area contributed by atoms with Crippen molar-refractivity contribution in [3.05, 3.63) is 0 Å². The van der Waals surface area contributed by atoms with Gasteiger partial charge in [0.15, 0.2) is 0 Å². The van der Waals surface area contributed by atoms with Gasteiger partial charge in [-0.1, -0.05) is 72.1 Å². The summed E-state index contributed by atoms with van der Waals surface area (Å²) in [5.41, 5.74) is 0.614. The van der Waals surface area contributed by atoms with E-state index >= 15 is 0 Å². The van der Waals surface area contributed by atoms with Gasteiger partial charge in [-0.3, -0.25) is 0 Å². The first-order valence-corrected chi connectivity index (χ1v) is 7.10. The molecule has 0 N–H and O–H groups in total. The zero-order valence-electron chi connectivity index (χ0n) is 11.1. The molecule has 0 spiro atoms. The first kappa shape index (κ1) is 13.1. The quantitative estimate of drug-likeness (QED) is 0.491. The predicted molar refractivity (Wildman–Crippen MR) is 69.1 cm³/mol. The van der Waals surface area contributed by atoms with Crippen LogP contribution in [0, 0.1) is 11.3 Å². The van der Waals surface area contributed by atoms with Gasteiger partial charge in [0.25, 0.3) is 0 Å². The van der Waals surface area contributed by atoms with E-state index in [9.17, 15) is 0 Å². The van der Waals surface area contributed by atoms with Crippen LogP contribution in [-0.2, 0) is 0 Å². The van der Waals surface area contributed by atoms with Crippen molar-refractivity contribution in [1.82, 2.24) is 0 Å². The fourth-order valence-electron chi connectivity index (χ4n) is 2.82. The smallest absolute Gasteiger partial charge is 0.0354 e. The van der Waals surface area contributed by atoms with Crippen molar-refractivity contribution in [2.75, 3.05) is 0 Å². The topological polar surface area (TPSA) is 0 Å². The Balaban J connectivity index is 2.31. The summed E-state index contributed by atoms with van der Waals surface area (Å²) in [7, 11) is 0. The monoisotopic (exact) mass is 210 g/mol. The van der Waals surface area contributed by atoms with Crippen LogP contribution in [0.5, 0.6) is 0 Å². The van der Waals surface area contributed by atoms with Crippen LogP contribution in [0.3, 0.4) is 0 Å². The van der Waals surface area contributed by atoms with Crippen molar-refractivity contribution >= 4 is 0 Å². The molecule has 0 bridgehead atoms. The van der Waals surface area contributed by atoms with Crippen LogP contribution in [0.4, 0.5) is 0 Å². The highest BCUT2D eigenvalue weighted by Crippen LogP contribution is 2.31. The third-order valence-electron chi connectivity index (χ3n) is 4.10. The van der Waals surface area contributed by atoms with Gasteiger partial charge in [0.05, 0.1) is 0 Å². The summed E-state index contributed by atoms with van der Waals surface area (Å²) in [4.78, 5) is 0. The Morgan fingerprint density at radius 3 is 1.87 bits per heavy atom. The Hall–Kier alpha value is 0. The molecule has 1 aliphatic carbocycles. The third-order valence-corrected chi connectivity index (χ3v) is 4.10. The fourth-order valence-corrected chi connectivity index (χ4v) is 2.82. The van der Waals surface area contributed by atoms with Crippen LogP contribution >= 0.6 is 0 Å². The van der Waals surface area contributed by atoms with Gasteiger partial charge in [-0.25, -0.2) is 0 Å². The maximum Gasteiger partial charge on any atom is -0.0354 e. The molecular formula is C15H30. The second-order valence-electron chi connectivity index (χ2n) is 6.47. The van der Waals surface area contributed by atoms with Gasteiger partial charge >= 0.3 is 0 Å². The van der Waals surface area contributed by atoms with Gasteiger partial charge in [0, 0.05) is 0 Å². The third kappa shape index (κ3) is 6.22. The normalized spacial score (nSPS) is 30.2. The van der Waals surface area contributed by atoms with Crippen LogP contribution in [0.2, 0.25) is 0 Å². The lowest BCUT2D eigenvalue weighted by Gasteiger charge is -2.25. The molecule has 0 amide bonds. The molecule has 0 radical (unpaired) electrons. The minimum absolute atomic E-state index is 0.614. The Bertz CT molecular complexity index is 157. The first-order valence-electron chi connectivity index (χ1n) is 7.10. The lowest BCUT2D eigenvalue weighted by Crippen LogP contribution is -2.11. The lowest BCUT2D eigenvalue weighted by atomic mass is 9.81. The molecule has 0 aromatic carbocycles. The Morgan fingerprint density at radius 2 is 1.20 bits per heavy atom. The van der Waals surface area contributed by atoms with E-state index in [4.69, 9.17) is 0 Å². The van der Waals surface area contributed by atoms with Crippen LogP contribution in [0.15, 0.2) is 0 Å². The number of rotatable bonds is 0. The molecule has 1 fully saturated rings. The summed E-state index contributed by atoms with van der Waals surface area (Å²) in [6.07, 6.45) is 14.6. The van der Waals surface area contributed by atoms with Gasteiger partial charge in [-0.15, -0.1) is 0 Å². The zero-order valence-corrected chi connectivity index (χ0v) is 11.1. The molecule has 0 aromatic rings. The van der Waals surface area contributed by atoms with Crippen molar-refractivity contribution in [2.24, 2.45) is 11.3 Å². The molecule has 0 nitrogen and oxygen atoms in total. The first-order chi connectivity index (χ1) is 7.10. The summed E-state index contributed by atoms with van der Waals surface area (Å²) >= 11 is 0. The molecule has 90 valence electrons. The van der Waals surface area contributed by atoms with Crippen molar-refractivity contribution < 1.29 is 0 Å². The highest BCUT2D eigenvalue weighted by molar-refractivity contribution is 4.70. The Morgan fingerprint density at radius 1 is 0.733 bits per heavy atom. The van der Waals surface area contributed by atoms with E-state index < -0.39 is 0 Å². The van der Waals surface area contributed by atoms with Crippen LogP contribution in [0.25, 0.3) is 0 Å². The summed E-state index contributed by atoms with van der Waals surface area (Å²) in [6, 6.07) is 0. The average Bonchev–Trinajstić information content (AvgIpc) is 2.16. The van der Waals surface area contributed by atoms with E-state index in [0.717, 1.165) is 5.92 Å². The second kappa shape index (κ2) is 6.55. The van der Waals surface area contributed by atoms with Gasteiger partial charge < -0.3 is 0 Å². The van der Waals surface area contributed by atoms with Crippen LogP contribution in [0.1, 0.15) is 85.0 Å². The van der Waals surface area contributed by atoms with Crippen LogP contribution < -0.4 is 0 Å². The molecule has 15 heavy (non-hydrogen) atoms. The lowest BCUT2D eigenvalue weighted by molar-refractivity contribution is 0.273. The highest BCUT2D eigenvalue weighted by atomic mass is 14.2. The molecule has 1 aliphatic rings. The highest BCUT2D eigenvalue weighted by Gasteiger charge is 2.17. The van der Waals surface area contributed by atoms with Gasteiger partial charge in [-0.2, -0.15) is 0 Å². The molecule has 0 heteroatoms. The van der Waals surface area contributed by atoms with Crippen LogP contribution in [-0.4, -0.2) is 0 Å². The fraction of sp³-hybridized carbons (Fsp3) is 1.00. The van der Waals surface area contributed by atoms with Crippen molar-refractivity contribution in [3.8, 4) is 0 Å². The van der Waals surface area contributed by atoms with Crippen molar-refractivity contribution in [2.45, 2.75) is 85.0 Å². The van der Waals surface area contributed by atoms with Gasteiger partial charge in [-0.05, 0) is 24.2 Å². The van der Waals surface area contributed by atoms with E-state index in [1.54, 1.807) is 0 Å². The summed E-state index contributed by atoms with van der Waals surface area (Å²) in [5, 5.41) is 0. The molecule has 1 rings (SSSR count). The number of hydrogen-bond acceptors (Lipinski definition) is 0. The second-order valence-corrected chi connectivity index (χ2v) is 6.47. The van der Waals surface area contributed by atoms with E-state index in [1.807, 2.05) is 0 Å². The zero-order chi connectivity index (χ0) is 11.1. The summed E-state index contributed by atoms with van der Waals surface area (Å²) in [6.45, 7) is 7.36. The largest absolute Gasteiger partial charge is 0.0625 e. The molecular weight excluding hydrogens is 180 g/mol. The Kier molecular flexibility index (Phi) is 5.71. The standard InChI is InChI=1S/C15H30/c1-14-10-6-4-5-8-12-15(2,3)13-9-7-11-14/h14H,4-13H2,1-3H3. The predicted octanol–water partition coefficient (Wildman–Crippen LogP) is 5.56. The maximum absolute atomic E-state index is 2.46. The summed E-state index contributed by atoms with van der Waals surface area (Å²) in [5.74, 6) is 0.979. The SMILES string of the molecule is CC1CCCCCCC(C)(C)CCCC1. The molecule has 1 atom stereocenters. The van der Waals surface area contributed by atoms with Crippen molar-refractivity contribution in [3.63, 3.8) is 0 Å². The molecule has 0 heterocycles. The van der Waals surface area contributed by atoms with E-state index in [0.29, 0.717) is 5.41 Å². The minimum Gasteiger partial charge on any atom is -0.0625 e. The van der Waals surface area contributed by atoms with Gasteiger partial charge in [0.2, 0.25) is 0 Å². The van der Waals surface area contributed by atoms with E-state index in [1.165, 1.54) is 64.2 Å². The molecule has 1 unspecified atom stereocenters. The minimum atomic E-state index is 0.614. The van der Waals surface area contributed by atoms with Gasteiger partial charge in [0.1, 0.15) is 0 Å². The van der Waals surface area contributed by atoms with Crippen molar-refractivity contribution in [1.29, 1.82) is 0 Å². The molecule has 1 saturated carbocycles. The molecule has 0 aromatic heterocycles.